The van der Waals surface area contributed by atoms with E-state index in [0.717, 1.165) is 4.88 Å². The molecule has 0 aliphatic rings. The maximum absolute atomic E-state index is 12.8. The zero-order chi connectivity index (χ0) is 19.4. The first-order chi connectivity index (χ1) is 12.9. The van der Waals surface area contributed by atoms with Crippen molar-refractivity contribution in [2.24, 2.45) is 0 Å². The molecule has 27 heavy (non-hydrogen) atoms. The molecular weight excluding hydrogens is 377 g/mol. The Kier molecular flexibility index (Phi) is 5.41. The van der Waals surface area contributed by atoms with Crippen LogP contribution in [-0.4, -0.2) is 44.8 Å². The van der Waals surface area contributed by atoms with Gasteiger partial charge in [-0.15, -0.1) is 23.0 Å². The lowest BCUT2D eigenvalue weighted by Crippen LogP contribution is -2.39. The fraction of sp³-hybridized carbons (Fsp3) is 0.167. The normalized spacial score (nSPS) is 11.4. The summed E-state index contributed by atoms with van der Waals surface area (Å²) in [5, 5.41) is 6.03. The molecule has 3 aromatic rings. The summed E-state index contributed by atoms with van der Waals surface area (Å²) in [7, 11) is 0. The number of para-hydroxylation sites is 1. The van der Waals surface area contributed by atoms with Crippen LogP contribution in [0.15, 0.2) is 60.5 Å². The Bertz CT molecular complexity index is 920. The van der Waals surface area contributed by atoms with Crippen LogP contribution >= 0.6 is 11.3 Å². The number of hydrogen-bond acceptors (Lipinski definition) is 4. The van der Waals surface area contributed by atoms with Crippen molar-refractivity contribution in [1.29, 1.82) is 0 Å². The fourth-order valence-electron chi connectivity index (χ4n) is 2.45. The minimum Gasteiger partial charge on any atom is -0.323 e. The van der Waals surface area contributed by atoms with Gasteiger partial charge in [0, 0.05) is 6.54 Å². The molecule has 0 atom stereocenters. The highest BCUT2D eigenvalue weighted by atomic mass is 32.1. The topological polar surface area (TPSA) is 51.0 Å². The lowest BCUT2D eigenvalue weighted by molar-refractivity contribution is -0.139. The van der Waals surface area contributed by atoms with Crippen LogP contribution in [0, 0.1) is 0 Å². The Balaban J connectivity index is 2.03. The number of benzene rings is 1. The zero-order valence-corrected chi connectivity index (χ0v) is 14.9. The Morgan fingerprint density at radius 3 is 2.56 bits per heavy atom. The number of rotatable bonds is 6. The van der Waals surface area contributed by atoms with Gasteiger partial charge < -0.3 is 4.90 Å². The molecule has 0 bridgehead atoms. The van der Waals surface area contributed by atoms with Crippen molar-refractivity contribution in [3.05, 3.63) is 66.3 Å². The quantitative estimate of drug-likeness (QED) is 0.591. The van der Waals surface area contributed by atoms with E-state index < -0.39 is 18.6 Å². The summed E-state index contributed by atoms with van der Waals surface area (Å²) in [6, 6.07) is 12.6. The van der Waals surface area contributed by atoms with Crippen molar-refractivity contribution in [3.63, 3.8) is 0 Å². The molecule has 1 amide bonds. The number of amides is 1. The van der Waals surface area contributed by atoms with Crippen molar-refractivity contribution >= 4 is 17.2 Å². The number of alkyl halides is 3. The second-order valence-electron chi connectivity index (χ2n) is 5.57. The van der Waals surface area contributed by atoms with Crippen LogP contribution in [0.2, 0.25) is 0 Å². The van der Waals surface area contributed by atoms with Crippen molar-refractivity contribution in [1.82, 2.24) is 19.7 Å². The van der Waals surface area contributed by atoms with E-state index in [1.54, 1.807) is 30.3 Å². The average molecular weight is 392 g/mol. The Morgan fingerprint density at radius 1 is 1.22 bits per heavy atom. The molecule has 3 rings (SSSR count). The van der Waals surface area contributed by atoms with E-state index in [9.17, 15) is 18.0 Å². The molecule has 9 heteroatoms. The molecule has 2 aromatic heterocycles. The molecule has 0 saturated heterocycles. The summed E-state index contributed by atoms with van der Waals surface area (Å²) < 4.78 is 39.9. The maximum atomic E-state index is 12.8. The first-order valence-corrected chi connectivity index (χ1v) is 8.80. The number of thiophene rings is 1. The summed E-state index contributed by atoms with van der Waals surface area (Å²) in [4.78, 5) is 18.2. The number of aromatic nitrogens is 3. The molecule has 0 fully saturated rings. The molecule has 2 heterocycles. The van der Waals surface area contributed by atoms with Crippen LogP contribution in [0.25, 0.3) is 16.4 Å². The number of hydrogen-bond donors (Lipinski definition) is 0. The molecule has 1 aromatic carbocycles. The van der Waals surface area contributed by atoms with Crippen LogP contribution in [0.3, 0.4) is 0 Å². The van der Waals surface area contributed by atoms with Crippen molar-refractivity contribution in [2.75, 3.05) is 13.1 Å². The van der Waals surface area contributed by atoms with Crippen LogP contribution in [0.1, 0.15) is 10.6 Å². The van der Waals surface area contributed by atoms with Crippen molar-refractivity contribution in [2.45, 2.75) is 6.18 Å². The van der Waals surface area contributed by atoms with Gasteiger partial charge in [-0.25, -0.2) is 9.67 Å². The fourth-order valence-corrected chi connectivity index (χ4v) is 3.15. The zero-order valence-electron chi connectivity index (χ0n) is 14.1. The predicted octanol–water partition coefficient (Wildman–Crippen LogP) is 4.19. The summed E-state index contributed by atoms with van der Waals surface area (Å²) in [5.41, 5.74) is 0.651. The molecule has 0 N–H and O–H groups in total. The van der Waals surface area contributed by atoms with Gasteiger partial charge in [-0.1, -0.05) is 30.3 Å². The summed E-state index contributed by atoms with van der Waals surface area (Å²) in [5.74, 6) is -0.807. The van der Waals surface area contributed by atoms with Gasteiger partial charge in [-0.05, 0) is 23.6 Å². The Labute approximate surface area is 157 Å². The lowest BCUT2D eigenvalue weighted by Gasteiger charge is -2.20. The van der Waals surface area contributed by atoms with Gasteiger partial charge >= 0.3 is 6.18 Å². The molecule has 0 aliphatic heterocycles. The van der Waals surface area contributed by atoms with Gasteiger partial charge in [0.15, 0.2) is 5.82 Å². The highest BCUT2D eigenvalue weighted by Gasteiger charge is 2.34. The minimum absolute atomic E-state index is 0.257. The van der Waals surface area contributed by atoms with Gasteiger partial charge in [-0.2, -0.15) is 13.2 Å². The third kappa shape index (κ3) is 4.43. The number of nitrogens with zero attached hydrogens (tertiary/aromatic N) is 4. The van der Waals surface area contributed by atoms with E-state index in [2.05, 4.69) is 16.7 Å². The first kappa shape index (κ1) is 18.8. The summed E-state index contributed by atoms with van der Waals surface area (Å²) in [6.07, 6.45) is -3.30. The minimum atomic E-state index is -4.53. The maximum Gasteiger partial charge on any atom is 0.406 e. The predicted molar refractivity (Wildman–Crippen MR) is 96.8 cm³/mol. The summed E-state index contributed by atoms with van der Waals surface area (Å²) in [6.45, 7) is 1.76. The molecule has 140 valence electrons. The van der Waals surface area contributed by atoms with E-state index in [1.807, 2.05) is 17.5 Å². The van der Waals surface area contributed by atoms with E-state index in [0.29, 0.717) is 16.4 Å². The average Bonchev–Trinajstić information content (AvgIpc) is 3.30. The van der Waals surface area contributed by atoms with Gasteiger partial charge in [-0.3, -0.25) is 4.79 Å². The molecular formula is C18H15F3N4OS. The van der Waals surface area contributed by atoms with Gasteiger partial charge in [0.2, 0.25) is 5.82 Å². The molecule has 0 spiro atoms. The SMILES string of the molecule is C=CCN(CC(F)(F)F)C(=O)c1nc(-c2cccs2)n(-c2ccccc2)n1. The third-order valence-electron chi connectivity index (χ3n) is 3.55. The number of carbonyl (C=O) groups is 1. The first-order valence-electron chi connectivity index (χ1n) is 7.92. The smallest absolute Gasteiger partial charge is 0.323 e. The molecule has 0 aliphatic carbocycles. The number of halogens is 3. The van der Waals surface area contributed by atoms with Crippen molar-refractivity contribution in [3.8, 4) is 16.4 Å². The highest BCUT2D eigenvalue weighted by molar-refractivity contribution is 7.13. The molecule has 0 radical (unpaired) electrons. The molecule has 0 saturated carbocycles. The van der Waals surface area contributed by atoms with Gasteiger partial charge in [0.25, 0.3) is 5.91 Å². The Morgan fingerprint density at radius 2 is 1.96 bits per heavy atom. The van der Waals surface area contributed by atoms with E-state index in [-0.39, 0.29) is 12.4 Å². The van der Waals surface area contributed by atoms with Crippen LogP contribution in [0.5, 0.6) is 0 Å². The largest absolute Gasteiger partial charge is 0.406 e. The summed E-state index contributed by atoms with van der Waals surface area (Å²) >= 11 is 1.39. The Hall–Kier alpha value is -2.94. The van der Waals surface area contributed by atoms with E-state index in [1.165, 1.54) is 22.1 Å². The standard InChI is InChI=1S/C18H15F3N4OS/c1-2-10-24(12-18(19,20)21)17(26)15-22-16(14-9-6-11-27-14)25(23-15)13-7-4-3-5-8-13/h2-9,11H,1,10,12H2. The lowest BCUT2D eigenvalue weighted by atomic mass is 10.3. The highest BCUT2D eigenvalue weighted by Crippen LogP contribution is 2.26. The van der Waals surface area contributed by atoms with Crippen LogP contribution in [0.4, 0.5) is 13.2 Å². The van der Waals surface area contributed by atoms with Crippen molar-refractivity contribution < 1.29 is 18.0 Å². The van der Waals surface area contributed by atoms with E-state index >= 15 is 0 Å². The third-order valence-corrected chi connectivity index (χ3v) is 4.41. The second kappa shape index (κ2) is 7.75. The van der Waals surface area contributed by atoms with Gasteiger partial charge in [0.05, 0.1) is 10.6 Å². The van der Waals surface area contributed by atoms with Crippen LogP contribution < -0.4 is 0 Å². The monoisotopic (exact) mass is 392 g/mol. The second-order valence-corrected chi connectivity index (χ2v) is 6.52. The molecule has 0 unspecified atom stereocenters. The number of carbonyl (C=O) groups excluding carboxylic acids is 1. The van der Waals surface area contributed by atoms with E-state index in [4.69, 9.17) is 0 Å². The van der Waals surface area contributed by atoms with Crippen LogP contribution in [-0.2, 0) is 0 Å². The van der Waals surface area contributed by atoms with Gasteiger partial charge in [0.1, 0.15) is 6.54 Å². The molecule has 5 nitrogen and oxygen atoms in total.